The summed E-state index contributed by atoms with van der Waals surface area (Å²) < 4.78 is 5.17. The molecule has 2 aliphatic heterocycles. The zero-order chi connectivity index (χ0) is 16.1. The lowest BCUT2D eigenvalue weighted by atomic mass is 10.0. The maximum Gasteiger partial charge on any atom is 0.222 e. The van der Waals surface area contributed by atoms with E-state index in [1.807, 2.05) is 12.1 Å². The summed E-state index contributed by atoms with van der Waals surface area (Å²) in [4.78, 5) is 14.4. The second-order valence-corrected chi connectivity index (χ2v) is 6.89. The molecular formula is C19H29ClN2O2. The summed E-state index contributed by atoms with van der Waals surface area (Å²) in [6.07, 6.45) is 5.08. The minimum absolute atomic E-state index is 0. The molecule has 0 unspecified atom stereocenters. The van der Waals surface area contributed by atoms with Gasteiger partial charge in [0.1, 0.15) is 5.75 Å². The predicted octanol–water partition coefficient (Wildman–Crippen LogP) is 2.90. The third kappa shape index (κ3) is 4.87. The van der Waals surface area contributed by atoms with Crippen LogP contribution in [0.3, 0.4) is 0 Å². The third-order valence-electron chi connectivity index (χ3n) is 5.26. The van der Waals surface area contributed by atoms with Crippen molar-refractivity contribution in [1.82, 2.24) is 10.2 Å². The van der Waals surface area contributed by atoms with Gasteiger partial charge in [0, 0.05) is 32.6 Å². The van der Waals surface area contributed by atoms with Crippen LogP contribution in [0.25, 0.3) is 0 Å². The molecule has 0 saturated carbocycles. The van der Waals surface area contributed by atoms with Gasteiger partial charge in [-0.25, -0.2) is 0 Å². The van der Waals surface area contributed by atoms with Crippen molar-refractivity contribution in [2.45, 2.75) is 32.1 Å². The number of ether oxygens (including phenoxy) is 1. The smallest absolute Gasteiger partial charge is 0.222 e. The molecule has 3 rings (SSSR count). The first-order chi connectivity index (χ1) is 11.3. The van der Waals surface area contributed by atoms with Gasteiger partial charge < -0.3 is 15.0 Å². The SMILES string of the molecule is COc1ccc(CCCCCC(=O)N2C[C@H]3CNC[C@H]3C2)cc1.Cl. The summed E-state index contributed by atoms with van der Waals surface area (Å²) in [6, 6.07) is 8.28. The van der Waals surface area contributed by atoms with E-state index >= 15 is 0 Å². The molecule has 5 heteroatoms. The topological polar surface area (TPSA) is 41.6 Å². The summed E-state index contributed by atoms with van der Waals surface area (Å²) in [5, 5.41) is 3.42. The highest BCUT2D eigenvalue weighted by Crippen LogP contribution is 2.27. The second kappa shape index (κ2) is 9.28. The van der Waals surface area contributed by atoms with Crippen molar-refractivity contribution in [1.29, 1.82) is 0 Å². The van der Waals surface area contributed by atoms with Crippen LogP contribution in [0, 0.1) is 11.8 Å². The quantitative estimate of drug-likeness (QED) is 0.767. The van der Waals surface area contributed by atoms with Gasteiger partial charge in [0.25, 0.3) is 0 Å². The van der Waals surface area contributed by atoms with E-state index in [1.54, 1.807) is 7.11 Å². The number of unbranched alkanes of at least 4 members (excludes halogenated alkanes) is 2. The molecule has 134 valence electrons. The summed E-state index contributed by atoms with van der Waals surface area (Å²) in [5.41, 5.74) is 1.34. The van der Waals surface area contributed by atoms with E-state index in [1.165, 1.54) is 5.56 Å². The number of aryl methyl sites for hydroxylation is 1. The number of nitrogens with zero attached hydrogens (tertiary/aromatic N) is 1. The molecule has 0 radical (unpaired) electrons. The summed E-state index contributed by atoms with van der Waals surface area (Å²) in [7, 11) is 1.69. The van der Waals surface area contributed by atoms with Crippen LogP contribution in [-0.4, -0.2) is 44.1 Å². The zero-order valence-corrected chi connectivity index (χ0v) is 15.3. The molecular weight excluding hydrogens is 324 g/mol. The third-order valence-corrected chi connectivity index (χ3v) is 5.26. The molecule has 0 bridgehead atoms. The first kappa shape index (κ1) is 19.1. The Morgan fingerprint density at radius 1 is 1.12 bits per heavy atom. The monoisotopic (exact) mass is 352 g/mol. The number of benzene rings is 1. The summed E-state index contributed by atoms with van der Waals surface area (Å²) in [5.74, 6) is 2.68. The van der Waals surface area contributed by atoms with Crippen LogP contribution in [0.1, 0.15) is 31.2 Å². The minimum atomic E-state index is 0. The fourth-order valence-electron chi connectivity index (χ4n) is 3.79. The summed E-state index contributed by atoms with van der Waals surface area (Å²) >= 11 is 0. The van der Waals surface area contributed by atoms with Gasteiger partial charge in [-0.1, -0.05) is 18.6 Å². The Balaban J connectivity index is 0.00000208. The van der Waals surface area contributed by atoms with Crippen LogP contribution < -0.4 is 10.1 Å². The molecule has 2 fully saturated rings. The van der Waals surface area contributed by atoms with Crippen molar-refractivity contribution in [2.24, 2.45) is 11.8 Å². The molecule has 0 spiro atoms. The Hall–Kier alpha value is -1.26. The number of halogens is 1. The average molecular weight is 353 g/mol. The number of fused-ring (bicyclic) bond motifs is 1. The highest BCUT2D eigenvalue weighted by molar-refractivity contribution is 5.85. The Labute approximate surface area is 151 Å². The Morgan fingerprint density at radius 3 is 2.42 bits per heavy atom. The number of methoxy groups -OCH3 is 1. The molecule has 2 aliphatic rings. The number of carbonyl (C=O) groups is 1. The van der Waals surface area contributed by atoms with Crippen LogP contribution in [-0.2, 0) is 11.2 Å². The molecule has 1 aromatic rings. The average Bonchev–Trinajstić information content (AvgIpc) is 3.16. The van der Waals surface area contributed by atoms with Gasteiger partial charge in [0.2, 0.25) is 5.91 Å². The molecule has 2 atom stereocenters. The molecule has 2 heterocycles. The number of rotatable bonds is 7. The van der Waals surface area contributed by atoms with Crippen molar-refractivity contribution in [2.75, 3.05) is 33.3 Å². The molecule has 4 nitrogen and oxygen atoms in total. The van der Waals surface area contributed by atoms with Crippen molar-refractivity contribution < 1.29 is 9.53 Å². The maximum absolute atomic E-state index is 12.3. The van der Waals surface area contributed by atoms with E-state index in [0.717, 1.165) is 64.0 Å². The number of hydrogen-bond donors (Lipinski definition) is 1. The summed E-state index contributed by atoms with van der Waals surface area (Å²) in [6.45, 7) is 4.14. The minimum Gasteiger partial charge on any atom is -0.497 e. The Morgan fingerprint density at radius 2 is 1.79 bits per heavy atom. The fourth-order valence-corrected chi connectivity index (χ4v) is 3.79. The number of hydrogen-bond acceptors (Lipinski definition) is 3. The zero-order valence-electron chi connectivity index (χ0n) is 14.5. The number of likely N-dealkylation sites (tertiary alicyclic amines) is 1. The van der Waals surface area contributed by atoms with Gasteiger partial charge in [-0.3, -0.25) is 4.79 Å². The van der Waals surface area contributed by atoms with E-state index in [2.05, 4.69) is 22.3 Å². The van der Waals surface area contributed by atoms with Crippen molar-refractivity contribution in [3.05, 3.63) is 29.8 Å². The highest BCUT2D eigenvalue weighted by atomic mass is 35.5. The molecule has 24 heavy (non-hydrogen) atoms. The lowest BCUT2D eigenvalue weighted by Gasteiger charge is -2.17. The van der Waals surface area contributed by atoms with E-state index in [0.29, 0.717) is 17.7 Å². The van der Waals surface area contributed by atoms with E-state index < -0.39 is 0 Å². The predicted molar refractivity (Wildman–Crippen MR) is 98.8 cm³/mol. The second-order valence-electron chi connectivity index (χ2n) is 6.89. The number of nitrogens with one attached hydrogen (secondary N) is 1. The maximum atomic E-state index is 12.3. The van der Waals surface area contributed by atoms with E-state index in [9.17, 15) is 4.79 Å². The van der Waals surface area contributed by atoms with Crippen LogP contribution in [0.5, 0.6) is 5.75 Å². The Kier molecular flexibility index (Phi) is 7.38. The van der Waals surface area contributed by atoms with Crippen LogP contribution in [0.2, 0.25) is 0 Å². The lowest BCUT2D eigenvalue weighted by Crippen LogP contribution is -2.31. The molecule has 0 aliphatic carbocycles. The molecule has 2 saturated heterocycles. The lowest BCUT2D eigenvalue weighted by molar-refractivity contribution is -0.130. The Bertz CT molecular complexity index is 509. The molecule has 1 N–H and O–H groups in total. The van der Waals surface area contributed by atoms with Crippen molar-refractivity contribution >= 4 is 18.3 Å². The van der Waals surface area contributed by atoms with Crippen LogP contribution in [0.4, 0.5) is 0 Å². The standard InChI is InChI=1S/C19H28N2O2.ClH/c1-23-18-9-7-15(8-10-18)5-3-2-4-6-19(22)21-13-16-11-20-12-17(16)14-21;/h7-10,16-17,20H,2-6,11-14H2,1H3;1H/t16-,17+;. The van der Waals surface area contributed by atoms with Gasteiger partial charge in [-0.05, 0) is 48.8 Å². The normalized spacial score (nSPS) is 22.1. The largest absolute Gasteiger partial charge is 0.497 e. The molecule has 1 aromatic carbocycles. The molecule has 1 amide bonds. The number of amides is 1. The van der Waals surface area contributed by atoms with Gasteiger partial charge in [0.15, 0.2) is 0 Å². The highest BCUT2D eigenvalue weighted by Gasteiger charge is 2.37. The van der Waals surface area contributed by atoms with E-state index in [-0.39, 0.29) is 12.4 Å². The number of carbonyl (C=O) groups excluding carboxylic acids is 1. The van der Waals surface area contributed by atoms with E-state index in [4.69, 9.17) is 4.74 Å². The van der Waals surface area contributed by atoms with Crippen molar-refractivity contribution in [3.8, 4) is 5.75 Å². The van der Waals surface area contributed by atoms with Crippen LogP contribution in [0.15, 0.2) is 24.3 Å². The first-order valence-electron chi connectivity index (χ1n) is 8.87. The van der Waals surface area contributed by atoms with Gasteiger partial charge in [-0.2, -0.15) is 0 Å². The fraction of sp³-hybridized carbons (Fsp3) is 0.632. The van der Waals surface area contributed by atoms with Gasteiger partial charge in [-0.15, -0.1) is 12.4 Å². The van der Waals surface area contributed by atoms with Gasteiger partial charge in [0.05, 0.1) is 7.11 Å². The first-order valence-corrected chi connectivity index (χ1v) is 8.87. The van der Waals surface area contributed by atoms with Crippen LogP contribution >= 0.6 is 12.4 Å². The van der Waals surface area contributed by atoms with Gasteiger partial charge >= 0.3 is 0 Å². The molecule has 0 aromatic heterocycles. The van der Waals surface area contributed by atoms with Crippen molar-refractivity contribution in [3.63, 3.8) is 0 Å².